The monoisotopic (exact) mass is 278 g/mol. The fourth-order valence-corrected chi connectivity index (χ4v) is 3.08. The van der Waals surface area contributed by atoms with Gasteiger partial charge in [-0.1, -0.05) is 26.2 Å². The molecule has 0 unspecified atom stereocenters. The summed E-state index contributed by atoms with van der Waals surface area (Å²) in [6.45, 7) is 5.48. The van der Waals surface area contributed by atoms with E-state index < -0.39 is 0 Å². The number of rotatable bonds is 5. The number of hydrogen-bond donors (Lipinski definition) is 2. The van der Waals surface area contributed by atoms with Gasteiger partial charge in [0.2, 0.25) is 0 Å². The summed E-state index contributed by atoms with van der Waals surface area (Å²) in [5.41, 5.74) is 2.21. The maximum Gasteiger partial charge on any atom is 0.287 e. The summed E-state index contributed by atoms with van der Waals surface area (Å²) in [6.07, 6.45) is 6.84. The maximum absolute atomic E-state index is 12.3. The minimum atomic E-state index is -0.255. The summed E-state index contributed by atoms with van der Waals surface area (Å²) in [6, 6.07) is 2.00. The Bertz CT molecular complexity index is 502. The van der Waals surface area contributed by atoms with Gasteiger partial charge < -0.3 is 10.5 Å². The quantitative estimate of drug-likeness (QED) is 0.643. The first-order chi connectivity index (χ1) is 9.65. The standard InChI is InChI=1S/C16H26N2O2/c1-3-9-17-11-14-12(2)10-15(18(20)16(14)19)13-7-5-4-6-8-13/h10,13,17,20H,3-9,11H2,1-2H3. The first kappa shape index (κ1) is 15.1. The molecule has 2 rings (SSSR count). The van der Waals surface area contributed by atoms with Crippen LogP contribution in [-0.2, 0) is 6.54 Å². The van der Waals surface area contributed by atoms with Crippen molar-refractivity contribution < 1.29 is 5.21 Å². The largest absolute Gasteiger partial charge is 0.425 e. The molecule has 4 heteroatoms. The number of aromatic nitrogens is 1. The molecule has 1 aliphatic rings. The second-order valence-corrected chi connectivity index (χ2v) is 5.86. The van der Waals surface area contributed by atoms with E-state index in [4.69, 9.17) is 0 Å². The van der Waals surface area contributed by atoms with Crippen molar-refractivity contribution in [1.29, 1.82) is 0 Å². The van der Waals surface area contributed by atoms with Crippen molar-refractivity contribution in [3.8, 4) is 0 Å². The van der Waals surface area contributed by atoms with Crippen molar-refractivity contribution in [3.05, 3.63) is 33.2 Å². The summed E-state index contributed by atoms with van der Waals surface area (Å²) >= 11 is 0. The Morgan fingerprint density at radius 1 is 1.35 bits per heavy atom. The second-order valence-electron chi connectivity index (χ2n) is 5.86. The highest BCUT2D eigenvalue weighted by Crippen LogP contribution is 2.32. The number of aryl methyl sites for hydroxylation is 1. The minimum absolute atomic E-state index is 0.255. The van der Waals surface area contributed by atoms with E-state index in [9.17, 15) is 10.0 Å². The topological polar surface area (TPSA) is 54.3 Å². The number of pyridine rings is 1. The van der Waals surface area contributed by atoms with Crippen molar-refractivity contribution in [2.45, 2.75) is 64.8 Å². The van der Waals surface area contributed by atoms with Crippen LogP contribution in [0.25, 0.3) is 0 Å². The molecule has 0 bridgehead atoms. The smallest absolute Gasteiger partial charge is 0.287 e. The molecule has 0 aliphatic heterocycles. The lowest BCUT2D eigenvalue weighted by molar-refractivity contribution is 0.155. The summed E-state index contributed by atoms with van der Waals surface area (Å²) in [5.74, 6) is 0.331. The summed E-state index contributed by atoms with van der Waals surface area (Å²) in [7, 11) is 0. The van der Waals surface area contributed by atoms with Crippen LogP contribution >= 0.6 is 0 Å². The van der Waals surface area contributed by atoms with Crippen molar-refractivity contribution in [3.63, 3.8) is 0 Å². The van der Waals surface area contributed by atoms with Gasteiger partial charge in [0, 0.05) is 18.0 Å². The molecule has 0 spiro atoms. The van der Waals surface area contributed by atoms with Crippen LogP contribution in [0.3, 0.4) is 0 Å². The van der Waals surface area contributed by atoms with Gasteiger partial charge in [-0.2, -0.15) is 4.73 Å². The third-order valence-corrected chi connectivity index (χ3v) is 4.29. The van der Waals surface area contributed by atoms with Gasteiger partial charge >= 0.3 is 0 Å². The number of hydrogen-bond acceptors (Lipinski definition) is 3. The average Bonchev–Trinajstić information content (AvgIpc) is 2.47. The molecule has 0 atom stereocenters. The highest BCUT2D eigenvalue weighted by atomic mass is 16.5. The summed E-state index contributed by atoms with van der Waals surface area (Å²) in [5, 5.41) is 13.4. The van der Waals surface area contributed by atoms with Gasteiger partial charge in [0.1, 0.15) is 0 Å². The fourth-order valence-electron chi connectivity index (χ4n) is 3.08. The van der Waals surface area contributed by atoms with Gasteiger partial charge in [-0.15, -0.1) is 0 Å². The molecule has 0 saturated heterocycles. The molecule has 20 heavy (non-hydrogen) atoms. The molecule has 2 N–H and O–H groups in total. The molecule has 1 aromatic rings. The van der Waals surface area contributed by atoms with E-state index in [2.05, 4.69) is 12.2 Å². The summed E-state index contributed by atoms with van der Waals surface area (Å²) in [4.78, 5) is 12.3. The Morgan fingerprint density at radius 3 is 2.70 bits per heavy atom. The predicted molar refractivity (Wildman–Crippen MR) is 80.4 cm³/mol. The van der Waals surface area contributed by atoms with Crippen molar-refractivity contribution in [2.24, 2.45) is 0 Å². The van der Waals surface area contributed by atoms with Crippen LogP contribution in [-0.4, -0.2) is 16.5 Å². The van der Waals surface area contributed by atoms with Gasteiger partial charge in [-0.3, -0.25) is 4.79 Å². The van der Waals surface area contributed by atoms with E-state index in [1.807, 2.05) is 13.0 Å². The predicted octanol–water partition coefficient (Wildman–Crippen LogP) is 2.94. The molecule has 1 aliphatic carbocycles. The van der Waals surface area contributed by atoms with Gasteiger partial charge in [0.25, 0.3) is 5.56 Å². The van der Waals surface area contributed by atoms with Gasteiger partial charge in [0.05, 0.1) is 5.69 Å². The minimum Gasteiger partial charge on any atom is -0.425 e. The van der Waals surface area contributed by atoms with Crippen LogP contribution in [0.5, 0.6) is 0 Å². The van der Waals surface area contributed by atoms with Gasteiger partial charge in [-0.25, -0.2) is 0 Å². The van der Waals surface area contributed by atoms with E-state index in [0.29, 0.717) is 18.0 Å². The molecule has 4 nitrogen and oxygen atoms in total. The maximum atomic E-state index is 12.3. The molecule has 0 aromatic carbocycles. The normalized spacial score (nSPS) is 16.5. The van der Waals surface area contributed by atoms with Crippen LogP contribution in [0.1, 0.15) is 68.2 Å². The molecule has 1 aromatic heterocycles. The van der Waals surface area contributed by atoms with Crippen LogP contribution < -0.4 is 10.9 Å². The van der Waals surface area contributed by atoms with E-state index in [1.54, 1.807) is 0 Å². The number of nitrogens with zero attached hydrogens (tertiary/aromatic N) is 1. The highest BCUT2D eigenvalue weighted by Gasteiger charge is 2.21. The molecular weight excluding hydrogens is 252 g/mol. The van der Waals surface area contributed by atoms with E-state index in [-0.39, 0.29) is 5.56 Å². The zero-order valence-corrected chi connectivity index (χ0v) is 12.6. The molecule has 0 radical (unpaired) electrons. The Balaban J connectivity index is 2.25. The fraction of sp³-hybridized carbons (Fsp3) is 0.688. The Morgan fingerprint density at radius 2 is 2.05 bits per heavy atom. The third-order valence-electron chi connectivity index (χ3n) is 4.29. The Hall–Kier alpha value is -1.29. The van der Waals surface area contributed by atoms with Crippen LogP contribution in [0.4, 0.5) is 0 Å². The van der Waals surface area contributed by atoms with Crippen LogP contribution in [0, 0.1) is 6.92 Å². The Labute approximate surface area is 120 Å². The van der Waals surface area contributed by atoms with E-state index in [0.717, 1.165) is 41.8 Å². The average molecular weight is 278 g/mol. The van der Waals surface area contributed by atoms with Crippen LogP contribution in [0.15, 0.2) is 10.9 Å². The number of nitrogens with one attached hydrogen (secondary N) is 1. The first-order valence-electron chi connectivity index (χ1n) is 7.80. The van der Waals surface area contributed by atoms with Crippen molar-refractivity contribution in [2.75, 3.05) is 6.54 Å². The van der Waals surface area contributed by atoms with Crippen molar-refractivity contribution >= 4 is 0 Å². The molecule has 112 valence electrons. The first-order valence-corrected chi connectivity index (χ1v) is 7.80. The lowest BCUT2D eigenvalue weighted by Gasteiger charge is -2.24. The lowest BCUT2D eigenvalue weighted by atomic mass is 9.86. The zero-order valence-electron chi connectivity index (χ0n) is 12.6. The lowest BCUT2D eigenvalue weighted by Crippen LogP contribution is -2.31. The Kier molecular flexibility index (Phi) is 5.24. The van der Waals surface area contributed by atoms with E-state index in [1.165, 1.54) is 19.3 Å². The highest BCUT2D eigenvalue weighted by molar-refractivity contribution is 5.28. The third kappa shape index (κ3) is 3.23. The van der Waals surface area contributed by atoms with Gasteiger partial charge in [0.15, 0.2) is 0 Å². The van der Waals surface area contributed by atoms with Crippen molar-refractivity contribution in [1.82, 2.24) is 10.0 Å². The second kappa shape index (κ2) is 6.93. The molecule has 1 heterocycles. The molecular formula is C16H26N2O2. The molecule has 0 amide bonds. The molecule has 1 saturated carbocycles. The molecule has 1 fully saturated rings. The summed E-state index contributed by atoms with van der Waals surface area (Å²) < 4.78 is 0.895. The van der Waals surface area contributed by atoms with E-state index >= 15 is 0 Å². The zero-order chi connectivity index (χ0) is 14.5. The van der Waals surface area contributed by atoms with Crippen LogP contribution in [0.2, 0.25) is 0 Å². The van der Waals surface area contributed by atoms with Gasteiger partial charge in [-0.05, 0) is 44.4 Å². The SMILES string of the molecule is CCCNCc1c(C)cc(C2CCCCC2)n(O)c1=O.